The van der Waals surface area contributed by atoms with Crippen LogP contribution in [-0.4, -0.2) is 18.8 Å². The minimum atomic E-state index is 0.745. The number of aromatic nitrogens is 1. The van der Waals surface area contributed by atoms with Gasteiger partial charge in [0.15, 0.2) is 11.5 Å². The summed E-state index contributed by atoms with van der Waals surface area (Å²) >= 11 is 0. The van der Waals surface area contributed by atoms with Crippen molar-refractivity contribution in [2.24, 2.45) is 7.05 Å². The van der Waals surface area contributed by atoms with Crippen LogP contribution in [0.3, 0.4) is 0 Å². The van der Waals surface area contributed by atoms with Gasteiger partial charge in [0.1, 0.15) is 0 Å². The number of benzene rings is 2. The van der Waals surface area contributed by atoms with E-state index in [4.69, 9.17) is 9.47 Å². The van der Waals surface area contributed by atoms with Crippen LogP contribution in [0, 0.1) is 0 Å². The number of ether oxygens (including phenoxy) is 2. The quantitative estimate of drug-likeness (QED) is 0.719. The summed E-state index contributed by atoms with van der Waals surface area (Å²) in [5.41, 5.74) is 3.49. The van der Waals surface area contributed by atoms with Gasteiger partial charge in [-0.1, -0.05) is 18.2 Å². The molecule has 0 radical (unpaired) electrons. The minimum absolute atomic E-state index is 0.745. The molecule has 0 bridgehead atoms. The molecule has 2 aromatic carbocycles. The van der Waals surface area contributed by atoms with Crippen LogP contribution in [0.25, 0.3) is 22.2 Å². The summed E-state index contributed by atoms with van der Waals surface area (Å²) in [6.45, 7) is 0. The number of fused-ring (bicyclic) bond motifs is 1. The zero-order valence-corrected chi connectivity index (χ0v) is 11.9. The Kier molecular flexibility index (Phi) is 3.11. The van der Waals surface area contributed by atoms with Crippen molar-refractivity contribution in [2.45, 2.75) is 0 Å². The van der Waals surface area contributed by atoms with Gasteiger partial charge in [0, 0.05) is 29.2 Å². The Balaban J connectivity index is 2.18. The van der Waals surface area contributed by atoms with Crippen LogP contribution in [-0.2, 0) is 7.05 Å². The summed E-state index contributed by atoms with van der Waals surface area (Å²) in [6, 6.07) is 16.5. The van der Waals surface area contributed by atoms with E-state index >= 15 is 0 Å². The number of rotatable bonds is 3. The zero-order valence-electron chi connectivity index (χ0n) is 11.9. The Morgan fingerprint density at radius 2 is 1.60 bits per heavy atom. The molecule has 1 aromatic heterocycles. The van der Waals surface area contributed by atoms with Gasteiger partial charge in [-0.15, -0.1) is 0 Å². The average Bonchev–Trinajstić information content (AvgIpc) is 2.84. The fourth-order valence-corrected chi connectivity index (χ4v) is 2.56. The third-order valence-corrected chi connectivity index (χ3v) is 3.63. The van der Waals surface area contributed by atoms with E-state index in [1.807, 2.05) is 12.1 Å². The molecule has 3 rings (SSSR count). The Bertz CT molecular complexity index is 759. The van der Waals surface area contributed by atoms with Crippen molar-refractivity contribution in [1.82, 2.24) is 4.57 Å². The highest BCUT2D eigenvalue weighted by Crippen LogP contribution is 2.34. The van der Waals surface area contributed by atoms with Crippen LogP contribution in [0.4, 0.5) is 0 Å². The normalized spacial score (nSPS) is 10.8. The molecule has 3 nitrogen and oxygen atoms in total. The van der Waals surface area contributed by atoms with Gasteiger partial charge in [-0.25, -0.2) is 0 Å². The summed E-state index contributed by atoms with van der Waals surface area (Å²) in [6.07, 6.45) is 0. The van der Waals surface area contributed by atoms with Crippen molar-refractivity contribution in [3.8, 4) is 22.8 Å². The van der Waals surface area contributed by atoms with E-state index in [0.29, 0.717) is 0 Å². The first-order valence-electron chi connectivity index (χ1n) is 6.51. The molecule has 102 valence electrons. The molecule has 0 amide bonds. The van der Waals surface area contributed by atoms with E-state index in [-0.39, 0.29) is 0 Å². The maximum atomic E-state index is 5.38. The molecule has 1 heterocycles. The average molecular weight is 267 g/mol. The van der Waals surface area contributed by atoms with Gasteiger partial charge in [0.05, 0.1) is 14.2 Å². The Labute approximate surface area is 118 Å². The molecule has 3 aromatic rings. The molecule has 0 fully saturated rings. The van der Waals surface area contributed by atoms with Crippen molar-refractivity contribution >= 4 is 10.9 Å². The highest BCUT2D eigenvalue weighted by Gasteiger charge is 2.10. The number of methoxy groups -OCH3 is 2. The molecule has 0 aliphatic carbocycles. The number of aryl methyl sites for hydroxylation is 1. The molecule has 3 heteroatoms. The van der Waals surface area contributed by atoms with Crippen molar-refractivity contribution in [1.29, 1.82) is 0 Å². The van der Waals surface area contributed by atoms with Gasteiger partial charge in [-0.3, -0.25) is 0 Å². The van der Waals surface area contributed by atoms with Crippen LogP contribution in [0.1, 0.15) is 0 Å². The van der Waals surface area contributed by atoms with Gasteiger partial charge >= 0.3 is 0 Å². The molecular formula is C17H17NO2. The van der Waals surface area contributed by atoms with Crippen LogP contribution in [0.5, 0.6) is 11.5 Å². The first-order chi connectivity index (χ1) is 9.74. The van der Waals surface area contributed by atoms with E-state index in [9.17, 15) is 0 Å². The predicted molar refractivity (Wildman–Crippen MR) is 81.5 cm³/mol. The van der Waals surface area contributed by atoms with Crippen LogP contribution in [0.2, 0.25) is 0 Å². The standard InChI is InChI=1S/C17H17NO2/c1-18-14-7-5-4-6-12(14)10-15(18)13-8-9-16(19-2)17(11-13)20-3/h4-11H,1-3H3. The molecule has 0 spiro atoms. The lowest BCUT2D eigenvalue weighted by Crippen LogP contribution is -1.94. The van der Waals surface area contributed by atoms with Crippen LogP contribution in [0.15, 0.2) is 48.5 Å². The van der Waals surface area contributed by atoms with Crippen molar-refractivity contribution in [3.05, 3.63) is 48.5 Å². The van der Waals surface area contributed by atoms with Crippen molar-refractivity contribution < 1.29 is 9.47 Å². The lowest BCUT2D eigenvalue weighted by Gasteiger charge is -2.10. The van der Waals surface area contributed by atoms with Gasteiger partial charge in [-0.2, -0.15) is 0 Å². The van der Waals surface area contributed by atoms with Crippen molar-refractivity contribution in [3.63, 3.8) is 0 Å². The Morgan fingerprint density at radius 3 is 2.30 bits per heavy atom. The SMILES string of the molecule is COc1ccc(-c2cc3ccccc3n2C)cc1OC. The molecule has 0 unspecified atom stereocenters. The fourth-order valence-electron chi connectivity index (χ4n) is 2.56. The van der Waals surface area contributed by atoms with Gasteiger partial charge in [0.25, 0.3) is 0 Å². The molecule has 0 aliphatic rings. The molecule has 0 aliphatic heterocycles. The lowest BCUT2D eigenvalue weighted by atomic mass is 10.1. The summed E-state index contributed by atoms with van der Waals surface area (Å²) in [5, 5.41) is 1.24. The lowest BCUT2D eigenvalue weighted by molar-refractivity contribution is 0.355. The summed E-state index contributed by atoms with van der Waals surface area (Å²) in [7, 11) is 5.38. The van der Waals surface area contributed by atoms with Gasteiger partial charge in [0.2, 0.25) is 0 Å². The van der Waals surface area contributed by atoms with E-state index in [0.717, 1.165) is 22.8 Å². The number of hydrogen-bond donors (Lipinski definition) is 0. The van der Waals surface area contributed by atoms with Crippen LogP contribution >= 0.6 is 0 Å². The fraction of sp³-hybridized carbons (Fsp3) is 0.176. The highest BCUT2D eigenvalue weighted by molar-refractivity contribution is 5.87. The Hall–Kier alpha value is -2.42. The first-order valence-corrected chi connectivity index (χ1v) is 6.51. The number of nitrogens with zero attached hydrogens (tertiary/aromatic N) is 1. The zero-order chi connectivity index (χ0) is 14.1. The van der Waals surface area contributed by atoms with Gasteiger partial charge in [-0.05, 0) is 30.3 Å². The smallest absolute Gasteiger partial charge is 0.161 e. The summed E-state index contributed by atoms with van der Waals surface area (Å²) in [5.74, 6) is 1.49. The Morgan fingerprint density at radius 1 is 0.850 bits per heavy atom. The second-order valence-electron chi connectivity index (χ2n) is 4.72. The number of hydrogen-bond acceptors (Lipinski definition) is 2. The number of para-hydroxylation sites is 1. The third-order valence-electron chi connectivity index (χ3n) is 3.63. The maximum absolute atomic E-state index is 5.38. The monoisotopic (exact) mass is 267 g/mol. The molecule has 0 saturated carbocycles. The summed E-state index contributed by atoms with van der Waals surface area (Å²) in [4.78, 5) is 0. The van der Waals surface area contributed by atoms with E-state index < -0.39 is 0 Å². The second-order valence-corrected chi connectivity index (χ2v) is 4.72. The predicted octanol–water partition coefficient (Wildman–Crippen LogP) is 3.86. The highest BCUT2D eigenvalue weighted by atomic mass is 16.5. The molecule has 0 N–H and O–H groups in total. The topological polar surface area (TPSA) is 23.4 Å². The maximum Gasteiger partial charge on any atom is 0.161 e. The largest absolute Gasteiger partial charge is 0.493 e. The van der Waals surface area contributed by atoms with Gasteiger partial charge < -0.3 is 14.0 Å². The first kappa shape index (κ1) is 12.6. The minimum Gasteiger partial charge on any atom is -0.493 e. The molecule has 0 atom stereocenters. The van der Waals surface area contributed by atoms with E-state index in [2.05, 4.69) is 48.0 Å². The third kappa shape index (κ3) is 1.92. The summed E-state index contributed by atoms with van der Waals surface area (Å²) < 4.78 is 12.9. The molecular weight excluding hydrogens is 250 g/mol. The van der Waals surface area contributed by atoms with E-state index in [1.165, 1.54) is 10.9 Å². The molecule has 20 heavy (non-hydrogen) atoms. The van der Waals surface area contributed by atoms with Crippen LogP contribution < -0.4 is 9.47 Å². The second kappa shape index (κ2) is 4.93. The van der Waals surface area contributed by atoms with Crippen molar-refractivity contribution in [2.75, 3.05) is 14.2 Å². The van der Waals surface area contributed by atoms with E-state index in [1.54, 1.807) is 14.2 Å². The molecule has 0 saturated heterocycles.